The largest absolute Gasteiger partial charge is 0.469 e. The van der Waals surface area contributed by atoms with Gasteiger partial charge in [-0.15, -0.1) is 0 Å². The van der Waals surface area contributed by atoms with E-state index in [4.69, 9.17) is 9.15 Å². The summed E-state index contributed by atoms with van der Waals surface area (Å²) in [7, 11) is 0. The van der Waals surface area contributed by atoms with Crippen molar-refractivity contribution in [3.05, 3.63) is 23.7 Å². The van der Waals surface area contributed by atoms with Crippen molar-refractivity contribution in [2.45, 2.75) is 167 Å². The van der Waals surface area contributed by atoms with Crippen LogP contribution in [0.1, 0.15) is 166 Å². The molecule has 3 fully saturated rings. The van der Waals surface area contributed by atoms with Crippen molar-refractivity contribution >= 4 is 5.97 Å². The van der Waals surface area contributed by atoms with Crippen LogP contribution in [0.15, 0.2) is 16.7 Å². The maximum Gasteiger partial charge on any atom is 0.305 e. The molecule has 2 bridgehead atoms. The number of hydrogen-bond donors (Lipinski definition) is 1. The van der Waals surface area contributed by atoms with E-state index in [2.05, 4.69) is 19.9 Å². The van der Waals surface area contributed by atoms with Gasteiger partial charge in [-0.05, 0) is 91.6 Å². The molecule has 1 spiro atoms. The molecule has 0 aromatic carbocycles. The molecular weight excluding hydrogens is 496 g/mol. The quantitative estimate of drug-likeness (QED) is 0.163. The van der Waals surface area contributed by atoms with Crippen molar-refractivity contribution < 1.29 is 19.1 Å². The van der Waals surface area contributed by atoms with Crippen molar-refractivity contribution in [3.8, 4) is 0 Å². The molecule has 4 aliphatic carbocycles. The first kappa shape index (κ1) is 30.2. The van der Waals surface area contributed by atoms with Gasteiger partial charge >= 0.3 is 5.97 Å². The molecule has 4 nitrogen and oxygen atoms in total. The number of esters is 1. The van der Waals surface area contributed by atoms with Crippen LogP contribution in [0, 0.1) is 22.7 Å². The lowest BCUT2D eigenvalue weighted by molar-refractivity contribution is -0.154. The van der Waals surface area contributed by atoms with E-state index in [1.54, 1.807) is 0 Å². The van der Waals surface area contributed by atoms with E-state index in [9.17, 15) is 9.90 Å². The minimum absolute atomic E-state index is 0.109. The first-order valence-corrected chi connectivity index (χ1v) is 17.3. The van der Waals surface area contributed by atoms with Crippen LogP contribution in [0.25, 0.3) is 0 Å². The molecule has 0 saturated heterocycles. The van der Waals surface area contributed by atoms with Gasteiger partial charge in [0.15, 0.2) is 0 Å². The standard InChI is InChI=1S/C36H58O4/c1-3-4-5-6-7-8-9-10-11-12-13-14-15-16-33(37)40-27-36(38)26-35-23-19-30-29-21-24-39-31(29)20-22-34(30,2)32(35)18-17-28(36)25-35/h21,24,28,30,32,38H,3-20,22-23,25-27H2,1-2H3/t28-,30-,32+,34-,35?,36+/m1/s1. The monoisotopic (exact) mass is 554 g/mol. The average molecular weight is 555 g/mol. The summed E-state index contributed by atoms with van der Waals surface area (Å²) < 4.78 is 11.6. The molecule has 1 heterocycles. The molecule has 1 aromatic heterocycles. The van der Waals surface area contributed by atoms with Gasteiger partial charge in [-0.2, -0.15) is 0 Å². The molecule has 40 heavy (non-hydrogen) atoms. The van der Waals surface area contributed by atoms with Crippen LogP contribution in [0.5, 0.6) is 0 Å². The summed E-state index contributed by atoms with van der Waals surface area (Å²) in [6.45, 7) is 5.02. The lowest BCUT2D eigenvalue weighted by Crippen LogP contribution is -2.51. The Morgan fingerprint density at radius 1 is 0.950 bits per heavy atom. The SMILES string of the molecule is CCCCCCCCCCCCCCCC(=O)OC[C@@]1(O)CC23CC[C@@H]4c5ccoc5CC[C@@]4(C)[C@@H]2CC[C@@H]1C3. The topological polar surface area (TPSA) is 59.7 Å². The highest BCUT2D eigenvalue weighted by Gasteiger charge is 2.66. The summed E-state index contributed by atoms with van der Waals surface area (Å²) in [6.07, 6.45) is 28.2. The van der Waals surface area contributed by atoms with Gasteiger partial charge in [0.25, 0.3) is 0 Å². The Morgan fingerprint density at radius 3 is 2.33 bits per heavy atom. The van der Waals surface area contributed by atoms with Gasteiger partial charge in [-0.25, -0.2) is 0 Å². The minimum Gasteiger partial charge on any atom is -0.469 e. The molecule has 4 aliphatic rings. The molecule has 4 heteroatoms. The zero-order chi connectivity index (χ0) is 28.1. The van der Waals surface area contributed by atoms with Crippen LogP contribution in [-0.2, 0) is 16.0 Å². The molecule has 0 amide bonds. The van der Waals surface area contributed by atoms with Crippen molar-refractivity contribution in [1.82, 2.24) is 0 Å². The second-order valence-electron chi connectivity index (χ2n) is 14.7. The molecule has 6 atom stereocenters. The zero-order valence-electron chi connectivity index (χ0n) is 25.8. The number of hydrogen-bond acceptors (Lipinski definition) is 4. The lowest BCUT2D eigenvalue weighted by atomic mass is 9.45. The van der Waals surface area contributed by atoms with Crippen molar-refractivity contribution in [2.24, 2.45) is 22.7 Å². The van der Waals surface area contributed by atoms with Gasteiger partial charge in [-0.1, -0.05) is 90.9 Å². The first-order valence-electron chi connectivity index (χ1n) is 17.3. The van der Waals surface area contributed by atoms with E-state index in [0.717, 1.165) is 38.5 Å². The maximum atomic E-state index is 12.6. The minimum atomic E-state index is -0.834. The van der Waals surface area contributed by atoms with Crippen molar-refractivity contribution in [1.29, 1.82) is 0 Å². The Morgan fingerprint density at radius 2 is 1.62 bits per heavy atom. The fourth-order valence-electron chi connectivity index (χ4n) is 10.1. The Balaban J connectivity index is 0.991. The summed E-state index contributed by atoms with van der Waals surface area (Å²) in [5, 5.41) is 11.8. The molecule has 1 unspecified atom stereocenters. The van der Waals surface area contributed by atoms with Gasteiger partial charge in [0.1, 0.15) is 18.0 Å². The fourth-order valence-corrected chi connectivity index (χ4v) is 10.1. The van der Waals surface area contributed by atoms with Crippen molar-refractivity contribution in [3.63, 3.8) is 0 Å². The van der Waals surface area contributed by atoms with Crippen LogP contribution in [0.2, 0.25) is 0 Å². The predicted molar refractivity (Wildman–Crippen MR) is 161 cm³/mol. The molecule has 3 saturated carbocycles. The first-order chi connectivity index (χ1) is 19.4. The maximum absolute atomic E-state index is 12.6. The highest BCUT2D eigenvalue weighted by Crippen LogP contribution is 2.72. The Hall–Kier alpha value is -1.29. The highest BCUT2D eigenvalue weighted by molar-refractivity contribution is 5.69. The smallest absolute Gasteiger partial charge is 0.305 e. The Kier molecular flexibility index (Phi) is 10.1. The third kappa shape index (κ3) is 6.37. The average Bonchev–Trinajstić information content (AvgIpc) is 3.50. The van der Waals surface area contributed by atoms with E-state index >= 15 is 0 Å². The Labute approximate surface area is 244 Å². The summed E-state index contributed by atoms with van der Waals surface area (Å²) in [5.41, 5.74) is 1.13. The fraction of sp³-hybridized carbons (Fsp3) is 0.861. The number of carbonyl (C=O) groups excluding carboxylic acids is 1. The third-order valence-corrected chi connectivity index (χ3v) is 12.2. The van der Waals surface area contributed by atoms with E-state index in [1.807, 2.05) is 6.26 Å². The number of furan rings is 1. The summed E-state index contributed by atoms with van der Waals surface area (Å²) in [6, 6.07) is 2.22. The van der Waals surface area contributed by atoms with Gasteiger partial charge in [0.05, 0.1) is 6.26 Å². The molecule has 5 rings (SSSR count). The van der Waals surface area contributed by atoms with E-state index in [0.29, 0.717) is 18.3 Å². The predicted octanol–water partition coefficient (Wildman–Crippen LogP) is 9.67. The van der Waals surface area contributed by atoms with Gasteiger partial charge < -0.3 is 14.3 Å². The molecule has 1 aromatic rings. The van der Waals surface area contributed by atoms with Crippen LogP contribution in [-0.4, -0.2) is 23.3 Å². The molecular formula is C36H58O4. The number of carbonyl (C=O) groups is 1. The second-order valence-corrected chi connectivity index (χ2v) is 14.7. The van der Waals surface area contributed by atoms with E-state index < -0.39 is 5.60 Å². The number of unbranched alkanes of at least 4 members (excludes halogenated alkanes) is 12. The lowest BCUT2D eigenvalue weighted by Gasteiger charge is -2.59. The van der Waals surface area contributed by atoms with Gasteiger partial charge in [0, 0.05) is 12.8 Å². The third-order valence-electron chi connectivity index (χ3n) is 12.2. The van der Waals surface area contributed by atoms with Crippen LogP contribution >= 0.6 is 0 Å². The molecule has 0 aliphatic heterocycles. The van der Waals surface area contributed by atoms with E-state index in [1.165, 1.54) is 108 Å². The highest BCUT2D eigenvalue weighted by atomic mass is 16.5. The molecule has 226 valence electrons. The summed E-state index contributed by atoms with van der Waals surface area (Å²) in [4.78, 5) is 12.6. The van der Waals surface area contributed by atoms with Gasteiger partial charge in [-0.3, -0.25) is 4.79 Å². The number of aliphatic hydroxyl groups is 1. The normalized spacial score (nSPS) is 34.2. The van der Waals surface area contributed by atoms with Gasteiger partial charge in [0.2, 0.25) is 0 Å². The van der Waals surface area contributed by atoms with Crippen LogP contribution in [0.3, 0.4) is 0 Å². The Bertz CT molecular complexity index is 952. The number of rotatable bonds is 16. The summed E-state index contributed by atoms with van der Waals surface area (Å²) >= 11 is 0. The number of ether oxygens (including phenoxy) is 1. The number of aryl methyl sites for hydroxylation is 1. The number of fused-ring (bicyclic) bond motifs is 5. The van der Waals surface area contributed by atoms with Crippen LogP contribution < -0.4 is 0 Å². The van der Waals surface area contributed by atoms with Crippen LogP contribution in [0.4, 0.5) is 0 Å². The zero-order valence-corrected chi connectivity index (χ0v) is 25.8. The summed E-state index contributed by atoms with van der Waals surface area (Å²) in [5.74, 6) is 2.62. The van der Waals surface area contributed by atoms with E-state index in [-0.39, 0.29) is 29.3 Å². The van der Waals surface area contributed by atoms with Crippen molar-refractivity contribution in [2.75, 3.05) is 6.61 Å². The molecule has 1 N–H and O–H groups in total. The molecule has 0 radical (unpaired) electrons. The second kappa shape index (κ2) is 13.3.